The van der Waals surface area contributed by atoms with E-state index in [9.17, 15) is 15.0 Å². The third-order valence-electron chi connectivity index (χ3n) is 5.39. The Morgan fingerprint density at radius 3 is 2.57 bits per heavy atom. The average Bonchev–Trinajstić information content (AvgIpc) is 2.87. The average molecular weight is 485 g/mol. The van der Waals surface area contributed by atoms with E-state index >= 15 is 0 Å². The molecule has 1 aliphatic rings. The molecule has 0 bridgehead atoms. The van der Waals surface area contributed by atoms with Crippen LogP contribution in [0, 0.1) is 0 Å². The van der Waals surface area contributed by atoms with Crippen LogP contribution in [0.4, 0.5) is 0 Å². The van der Waals surface area contributed by atoms with E-state index in [1.54, 1.807) is 31.4 Å². The molecule has 0 fully saturated rings. The second kappa shape index (κ2) is 13.7. The molecule has 35 heavy (non-hydrogen) atoms. The first-order chi connectivity index (χ1) is 17.0. The maximum absolute atomic E-state index is 13.2. The largest absolute Gasteiger partial charge is 0.497 e. The van der Waals surface area contributed by atoms with Crippen molar-refractivity contribution in [1.82, 2.24) is 0 Å². The van der Waals surface area contributed by atoms with Gasteiger partial charge in [-0.2, -0.15) is 0 Å². The molecular weight excluding hydrogens is 452 g/mol. The van der Waals surface area contributed by atoms with Crippen LogP contribution in [0.5, 0.6) is 11.5 Å². The van der Waals surface area contributed by atoms with Crippen LogP contribution in [0.2, 0.25) is 0 Å². The molecule has 0 aromatic heterocycles. The Balaban J connectivity index is 1.74. The number of cyclic esters (lactones) is 1. The number of benzene rings is 2. The maximum Gasteiger partial charge on any atom is 0.342 e. The van der Waals surface area contributed by atoms with Crippen molar-refractivity contribution >= 4 is 12.0 Å². The van der Waals surface area contributed by atoms with Crippen LogP contribution in [0.25, 0.3) is 6.08 Å². The van der Waals surface area contributed by atoms with E-state index in [-0.39, 0.29) is 18.8 Å². The lowest BCUT2D eigenvalue weighted by Crippen LogP contribution is -2.26. The predicted octanol–water partition coefficient (Wildman–Crippen LogP) is 3.51. The van der Waals surface area contributed by atoms with Crippen molar-refractivity contribution in [3.05, 3.63) is 77.4 Å². The minimum atomic E-state index is -0.928. The van der Waals surface area contributed by atoms with Gasteiger partial charge in [0.05, 0.1) is 32.5 Å². The highest BCUT2D eigenvalue weighted by Crippen LogP contribution is 2.27. The molecule has 1 aliphatic heterocycles. The summed E-state index contributed by atoms with van der Waals surface area (Å²) in [6.45, 7) is 0.666. The van der Waals surface area contributed by atoms with Gasteiger partial charge in [0.25, 0.3) is 0 Å². The zero-order valence-electron chi connectivity index (χ0n) is 20.0. The first-order valence-electron chi connectivity index (χ1n) is 11.4. The molecule has 1 unspecified atom stereocenters. The normalized spacial score (nSPS) is 22.2. The van der Waals surface area contributed by atoms with Gasteiger partial charge in [-0.05, 0) is 29.3 Å². The van der Waals surface area contributed by atoms with Crippen molar-refractivity contribution < 1.29 is 38.7 Å². The van der Waals surface area contributed by atoms with Gasteiger partial charge in [0, 0.05) is 20.0 Å². The summed E-state index contributed by atoms with van der Waals surface area (Å²) in [5, 5.41) is 20.6. The van der Waals surface area contributed by atoms with Gasteiger partial charge in [-0.25, -0.2) is 4.79 Å². The van der Waals surface area contributed by atoms with Crippen LogP contribution in [0.3, 0.4) is 0 Å². The first kappa shape index (κ1) is 26.4. The lowest BCUT2D eigenvalue weighted by atomic mass is 10.0. The number of methoxy groups -OCH3 is 2. The highest BCUT2D eigenvalue weighted by atomic mass is 16.7. The Hall–Kier alpha value is -3.17. The third-order valence-corrected chi connectivity index (χ3v) is 5.39. The molecule has 0 spiro atoms. The number of hydrogen-bond acceptors (Lipinski definition) is 8. The Kier molecular flexibility index (Phi) is 10.3. The number of ether oxygens (including phenoxy) is 5. The molecule has 3 atom stereocenters. The van der Waals surface area contributed by atoms with E-state index in [1.807, 2.05) is 24.3 Å². The van der Waals surface area contributed by atoms with Gasteiger partial charge in [-0.3, -0.25) is 0 Å². The number of hydrogen-bond donors (Lipinski definition) is 2. The van der Waals surface area contributed by atoms with Gasteiger partial charge in [-0.1, -0.05) is 48.6 Å². The summed E-state index contributed by atoms with van der Waals surface area (Å²) in [6, 6.07) is 12.7. The molecule has 2 aromatic carbocycles. The van der Waals surface area contributed by atoms with E-state index in [2.05, 4.69) is 0 Å². The predicted molar refractivity (Wildman–Crippen MR) is 130 cm³/mol. The van der Waals surface area contributed by atoms with E-state index in [4.69, 9.17) is 23.7 Å². The number of fused-ring (bicyclic) bond motifs is 1. The van der Waals surface area contributed by atoms with E-state index < -0.39 is 24.3 Å². The Morgan fingerprint density at radius 1 is 1.03 bits per heavy atom. The molecule has 0 radical (unpaired) electrons. The molecule has 0 aliphatic carbocycles. The van der Waals surface area contributed by atoms with Crippen LogP contribution >= 0.6 is 0 Å². The molecule has 8 nitrogen and oxygen atoms in total. The summed E-state index contributed by atoms with van der Waals surface area (Å²) in [5.41, 5.74) is 1.74. The van der Waals surface area contributed by atoms with Crippen LogP contribution < -0.4 is 9.47 Å². The number of esters is 1. The number of carbonyl (C=O) groups is 1. The molecule has 2 aromatic rings. The second-order valence-corrected chi connectivity index (χ2v) is 8.03. The minimum absolute atomic E-state index is 0.0415. The van der Waals surface area contributed by atoms with Gasteiger partial charge in [0.1, 0.15) is 23.2 Å². The maximum atomic E-state index is 13.2. The summed E-state index contributed by atoms with van der Waals surface area (Å²) < 4.78 is 27.3. The number of aliphatic hydroxyl groups excluding tert-OH is 2. The van der Waals surface area contributed by atoms with Crippen LogP contribution in [0.1, 0.15) is 34.3 Å². The summed E-state index contributed by atoms with van der Waals surface area (Å²) >= 11 is 0. The van der Waals surface area contributed by atoms with Crippen LogP contribution in [0.15, 0.2) is 60.7 Å². The standard InChI is InChI=1S/C27H32O8/c1-31-18-34-25-5-3-4-20-8-9-21(28)10-11-22(29)16-24(35-27(30)26(20)25)14-15-33-17-19-6-12-23(32-2)13-7-19/h3-13,21-22,24,28-29H,14-18H2,1-2H3/b9-8+,11-10+/t21?,22-,24+/m0/s1. The lowest BCUT2D eigenvalue weighted by molar-refractivity contribution is 0.00391. The number of rotatable bonds is 9. The van der Waals surface area contributed by atoms with Gasteiger partial charge < -0.3 is 33.9 Å². The molecule has 1 heterocycles. The van der Waals surface area contributed by atoms with E-state index in [1.165, 1.54) is 25.3 Å². The van der Waals surface area contributed by atoms with Crippen LogP contribution in [-0.4, -0.2) is 62.1 Å². The molecule has 188 valence electrons. The summed E-state index contributed by atoms with van der Waals surface area (Å²) in [7, 11) is 3.10. The zero-order valence-corrected chi connectivity index (χ0v) is 20.0. The fourth-order valence-corrected chi connectivity index (χ4v) is 3.57. The van der Waals surface area contributed by atoms with Crippen molar-refractivity contribution in [2.45, 2.75) is 37.8 Å². The third kappa shape index (κ3) is 8.22. The first-order valence-corrected chi connectivity index (χ1v) is 11.4. The summed E-state index contributed by atoms with van der Waals surface area (Å²) in [4.78, 5) is 13.2. The summed E-state index contributed by atoms with van der Waals surface area (Å²) in [5.74, 6) is 0.476. The van der Waals surface area contributed by atoms with Crippen molar-refractivity contribution in [3.8, 4) is 11.5 Å². The quantitative estimate of drug-likeness (QED) is 0.241. The van der Waals surface area contributed by atoms with Crippen molar-refractivity contribution in [1.29, 1.82) is 0 Å². The zero-order chi connectivity index (χ0) is 25.0. The van der Waals surface area contributed by atoms with Crippen molar-refractivity contribution in [3.63, 3.8) is 0 Å². The Morgan fingerprint density at radius 2 is 1.83 bits per heavy atom. The van der Waals surface area contributed by atoms with Gasteiger partial charge >= 0.3 is 5.97 Å². The van der Waals surface area contributed by atoms with Gasteiger partial charge in [0.15, 0.2) is 6.79 Å². The Bertz CT molecular complexity index is 999. The van der Waals surface area contributed by atoms with Crippen LogP contribution in [-0.2, 0) is 20.8 Å². The highest BCUT2D eigenvalue weighted by Gasteiger charge is 2.24. The molecule has 2 N–H and O–H groups in total. The smallest absolute Gasteiger partial charge is 0.342 e. The lowest BCUT2D eigenvalue weighted by Gasteiger charge is -2.22. The molecule has 0 saturated heterocycles. The topological polar surface area (TPSA) is 104 Å². The molecular formula is C27H32O8. The minimum Gasteiger partial charge on any atom is -0.497 e. The SMILES string of the molecule is COCOc1cccc2c1C(=O)O[C@H](CCOCc1ccc(OC)cc1)C[C@@H](O)/C=C/C(O)/C=C/2. The molecule has 3 rings (SSSR count). The van der Waals surface area contributed by atoms with Gasteiger partial charge in [-0.15, -0.1) is 0 Å². The van der Waals surface area contributed by atoms with E-state index in [0.717, 1.165) is 11.3 Å². The second-order valence-electron chi connectivity index (χ2n) is 8.03. The van der Waals surface area contributed by atoms with E-state index in [0.29, 0.717) is 30.9 Å². The molecule has 0 amide bonds. The Labute approximate surface area is 205 Å². The molecule has 0 saturated carbocycles. The monoisotopic (exact) mass is 484 g/mol. The van der Waals surface area contributed by atoms with Crippen molar-refractivity contribution in [2.24, 2.45) is 0 Å². The van der Waals surface area contributed by atoms with Gasteiger partial charge in [0.2, 0.25) is 0 Å². The molecule has 8 heteroatoms. The van der Waals surface area contributed by atoms with Crippen molar-refractivity contribution in [2.75, 3.05) is 27.6 Å². The number of carbonyl (C=O) groups excluding carboxylic acids is 1. The fourth-order valence-electron chi connectivity index (χ4n) is 3.57. The number of aliphatic hydroxyl groups is 2. The fraction of sp³-hybridized carbons (Fsp3) is 0.370. The highest BCUT2D eigenvalue weighted by molar-refractivity contribution is 5.96. The summed E-state index contributed by atoms with van der Waals surface area (Å²) in [6.07, 6.45) is 4.19.